The van der Waals surface area contributed by atoms with E-state index in [1.807, 2.05) is 26.0 Å². The van der Waals surface area contributed by atoms with Crippen LogP contribution in [0.2, 0.25) is 5.15 Å². The van der Waals surface area contributed by atoms with Crippen LogP contribution in [0.3, 0.4) is 0 Å². The van der Waals surface area contributed by atoms with Crippen molar-refractivity contribution < 1.29 is 9.53 Å². The number of amides is 1. The average molecular weight is 334 g/mol. The first kappa shape index (κ1) is 16.0. The van der Waals surface area contributed by atoms with Crippen LogP contribution in [-0.2, 0) is 11.3 Å². The number of benzene rings is 1. The van der Waals surface area contributed by atoms with Gasteiger partial charge in [-0.15, -0.1) is 0 Å². The molecule has 1 amide bonds. The van der Waals surface area contributed by atoms with E-state index in [9.17, 15) is 4.79 Å². The maximum absolute atomic E-state index is 12.7. The molecule has 1 aromatic carbocycles. The molecule has 5 nitrogen and oxygen atoms in total. The van der Waals surface area contributed by atoms with Crippen LogP contribution < -0.4 is 0 Å². The molecule has 0 unspecified atom stereocenters. The fourth-order valence-electron chi connectivity index (χ4n) is 2.69. The number of nitrogens with zero attached hydrogens (tertiary/aromatic N) is 3. The van der Waals surface area contributed by atoms with Gasteiger partial charge < -0.3 is 9.64 Å². The summed E-state index contributed by atoms with van der Waals surface area (Å²) in [5, 5.41) is 4.85. The van der Waals surface area contributed by atoms with Crippen LogP contribution in [0.4, 0.5) is 0 Å². The third kappa shape index (κ3) is 3.41. The number of morpholine rings is 1. The Morgan fingerprint density at radius 3 is 2.52 bits per heavy atom. The number of carbonyl (C=O) groups excluding carboxylic acids is 1. The Morgan fingerprint density at radius 2 is 1.87 bits per heavy atom. The van der Waals surface area contributed by atoms with Gasteiger partial charge in [0.2, 0.25) is 0 Å². The Labute approximate surface area is 140 Å². The standard InChI is InChI=1S/C17H20ClN3O2/c1-12-3-5-14(6-4-12)11-21-16(18)15(13(2)19-21)17(22)20-7-9-23-10-8-20/h3-6H,7-11H2,1-2H3. The van der Waals surface area contributed by atoms with E-state index >= 15 is 0 Å². The highest BCUT2D eigenvalue weighted by molar-refractivity contribution is 6.33. The van der Waals surface area contributed by atoms with Crippen molar-refractivity contribution in [2.45, 2.75) is 20.4 Å². The number of aryl methyl sites for hydroxylation is 2. The molecule has 2 heterocycles. The minimum atomic E-state index is -0.0639. The first-order valence-electron chi connectivity index (χ1n) is 7.71. The SMILES string of the molecule is Cc1ccc(Cn2nc(C)c(C(=O)N3CCOCC3)c2Cl)cc1. The summed E-state index contributed by atoms with van der Waals surface area (Å²) in [6.45, 7) is 6.75. The van der Waals surface area contributed by atoms with E-state index in [1.54, 1.807) is 9.58 Å². The van der Waals surface area contributed by atoms with Gasteiger partial charge in [0.15, 0.2) is 0 Å². The topological polar surface area (TPSA) is 47.4 Å². The van der Waals surface area contributed by atoms with Gasteiger partial charge in [-0.1, -0.05) is 41.4 Å². The van der Waals surface area contributed by atoms with Crippen LogP contribution in [0.25, 0.3) is 0 Å². The zero-order chi connectivity index (χ0) is 16.4. The van der Waals surface area contributed by atoms with Crippen molar-refractivity contribution in [1.29, 1.82) is 0 Å². The number of hydrogen-bond acceptors (Lipinski definition) is 3. The van der Waals surface area contributed by atoms with E-state index in [1.165, 1.54) is 5.56 Å². The van der Waals surface area contributed by atoms with E-state index in [0.717, 1.165) is 5.56 Å². The largest absolute Gasteiger partial charge is 0.378 e. The first-order valence-corrected chi connectivity index (χ1v) is 8.09. The lowest BCUT2D eigenvalue weighted by Gasteiger charge is -2.26. The van der Waals surface area contributed by atoms with Crippen LogP contribution in [-0.4, -0.2) is 46.9 Å². The van der Waals surface area contributed by atoms with Gasteiger partial charge in [-0.05, 0) is 19.4 Å². The van der Waals surface area contributed by atoms with Crippen molar-refractivity contribution in [1.82, 2.24) is 14.7 Å². The molecule has 1 aromatic heterocycles. The molecule has 0 spiro atoms. The highest BCUT2D eigenvalue weighted by Gasteiger charge is 2.26. The molecule has 1 saturated heterocycles. The van der Waals surface area contributed by atoms with Gasteiger partial charge in [-0.3, -0.25) is 4.79 Å². The predicted molar refractivity (Wildman–Crippen MR) is 89.0 cm³/mol. The Hall–Kier alpha value is -1.85. The number of ether oxygens (including phenoxy) is 1. The zero-order valence-corrected chi connectivity index (χ0v) is 14.1. The molecule has 122 valence electrons. The average Bonchev–Trinajstić information content (AvgIpc) is 2.84. The molecule has 3 rings (SSSR count). The van der Waals surface area contributed by atoms with Gasteiger partial charge in [-0.2, -0.15) is 5.10 Å². The summed E-state index contributed by atoms with van der Waals surface area (Å²) in [5.74, 6) is -0.0639. The number of hydrogen-bond donors (Lipinski definition) is 0. The molecular formula is C17H20ClN3O2. The highest BCUT2D eigenvalue weighted by Crippen LogP contribution is 2.23. The number of rotatable bonds is 3. The summed E-state index contributed by atoms with van der Waals surface area (Å²) in [6, 6.07) is 8.21. The Bertz CT molecular complexity index is 703. The van der Waals surface area contributed by atoms with E-state index in [4.69, 9.17) is 16.3 Å². The van der Waals surface area contributed by atoms with Crippen molar-refractivity contribution in [2.75, 3.05) is 26.3 Å². The van der Waals surface area contributed by atoms with Gasteiger partial charge >= 0.3 is 0 Å². The molecule has 0 bridgehead atoms. The lowest BCUT2D eigenvalue weighted by Crippen LogP contribution is -2.40. The molecular weight excluding hydrogens is 314 g/mol. The van der Waals surface area contributed by atoms with Crippen LogP contribution in [0.1, 0.15) is 27.2 Å². The van der Waals surface area contributed by atoms with Crippen molar-refractivity contribution in [2.24, 2.45) is 0 Å². The van der Waals surface area contributed by atoms with Crippen LogP contribution in [0.15, 0.2) is 24.3 Å². The lowest BCUT2D eigenvalue weighted by atomic mass is 10.1. The molecule has 6 heteroatoms. The van der Waals surface area contributed by atoms with E-state index in [-0.39, 0.29) is 5.91 Å². The molecule has 0 aliphatic carbocycles. The Balaban J connectivity index is 1.83. The summed E-state index contributed by atoms with van der Waals surface area (Å²) in [7, 11) is 0. The van der Waals surface area contributed by atoms with Crippen LogP contribution in [0.5, 0.6) is 0 Å². The lowest BCUT2D eigenvalue weighted by molar-refractivity contribution is 0.0302. The van der Waals surface area contributed by atoms with Crippen molar-refractivity contribution in [3.8, 4) is 0 Å². The smallest absolute Gasteiger partial charge is 0.259 e. The quantitative estimate of drug-likeness (QED) is 0.867. The number of aromatic nitrogens is 2. The predicted octanol–water partition coefficient (Wildman–Crippen LogP) is 2.67. The Morgan fingerprint density at radius 1 is 1.22 bits per heavy atom. The molecule has 0 saturated carbocycles. The molecule has 0 atom stereocenters. The van der Waals surface area contributed by atoms with Crippen molar-refractivity contribution in [3.63, 3.8) is 0 Å². The second kappa shape index (κ2) is 6.72. The maximum atomic E-state index is 12.7. The first-order chi connectivity index (χ1) is 11.1. The fourth-order valence-corrected chi connectivity index (χ4v) is 3.01. The third-order valence-electron chi connectivity index (χ3n) is 4.03. The highest BCUT2D eigenvalue weighted by atomic mass is 35.5. The molecule has 2 aromatic rings. The summed E-state index contributed by atoms with van der Waals surface area (Å²) in [4.78, 5) is 14.5. The van der Waals surface area contributed by atoms with Crippen LogP contribution in [0, 0.1) is 13.8 Å². The summed E-state index contributed by atoms with van der Waals surface area (Å²) in [6.07, 6.45) is 0. The van der Waals surface area contributed by atoms with Gasteiger partial charge in [0.25, 0.3) is 5.91 Å². The van der Waals surface area contributed by atoms with E-state index < -0.39 is 0 Å². The summed E-state index contributed by atoms with van der Waals surface area (Å²) >= 11 is 6.45. The van der Waals surface area contributed by atoms with Crippen molar-refractivity contribution in [3.05, 3.63) is 51.8 Å². The minimum absolute atomic E-state index is 0.0639. The number of carbonyl (C=O) groups is 1. The molecule has 1 aliphatic heterocycles. The monoisotopic (exact) mass is 333 g/mol. The molecule has 0 N–H and O–H groups in total. The normalized spacial score (nSPS) is 15.0. The molecule has 1 fully saturated rings. The molecule has 0 radical (unpaired) electrons. The van der Waals surface area contributed by atoms with Crippen molar-refractivity contribution >= 4 is 17.5 Å². The molecule has 1 aliphatic rings. The second-order valence-electron chi connectivity index (χ2n) is 5.80. The molecule has 23 heavy (non-hydrogen) atoms. The van der Waals surface area contributed by atoms with Gasteiger partial charge in [0.05, 0.1) is 31.0 Å². The Kier molecular flexibility index (Phi) is 4.68. The second-order valence-corrected chi connectivity index (χ2v) is 6.16. The van der Waals surface area contributed by atoms with E-state index in [2.05, 4.69) is 17.2 Å². The zero-order valence-electron chi connectivity index (χ0n) is 13.4. The van der Waals surface area contributed by atoms with Gasteiger partial charge in [0, 0.05) is 13.1 Å². The maximum Gasteiger partial charge on any atom is 0.259 e. The minimum Gasteiger partial charge on any atom is -0.378 e. The van der Waals surface area contributed by atoms with Crippen LogP contribution >= 0.6 is 11.6 Å². The van der Waals surface area contributed by atoms with E-state index in [0.29, 0.717) is 49.3 Å². The fraction of sp³-hybridized carbons (Fsp3) is 0.412. The van der Waals surface area contributed by atoms with Gasteiger partial charge in [-0.25, -0.2) is 4.68 Å². The van der Waals surface area contributed by atoms with Gasteiger partial charge in [0.1, 0.15) is 5.15 Å². The summed E-state index contributed by atoms with van der Waals surface area (Å²) < 4.78 is 6.98. The summed E-state index contributed by atoms with van der Waals surface area (Å²) in [5.41, 5.74) is 3.48. The number of halogens is 1. The third-order valence-corrected chi connectivity index (χ3v) is 4.41.